The molecule has 10 heavy (non-hydrogen) atoms. The van der Waals surface area contributed by atoms with E-state index in [0.717, 1.165) is 0 Å². The van der Waals surface area contributed by atoms with E-state index in [9.17, 15) is 4.79 Å². The van der Waals surface area contributed by atoms with Crippen LogP contribution in [0.5, 0.6) is 0 Å². The molecule has 0 N–H and O–H groups in total. The fourth-order valence-corrected chi connectivity index (χ4v) is 0.631. The van der Waals surface area contributed by atoms with Crippen molar-refractivity contribution in [3.05, 3.63) is 24.0 Å². The fourth-order valence-electron chi connectivity index (χ4n) is 0.631. The number of hydrogen-bond donors (Lipinski definition) is 0. The van der Waals surface area contributed by atoms with E-state index in [1.54, 1.807) is 25.3 Å². The molecule has 3 nitrogen and oxygen atoms in total. The highest BCUT2D eigenvalue weighted by Crippen LogP contribution is 1.95. The predicted molar refractivity (Wildman–Crippen MR) is 36.7 cm³/mol. The number of carbonyl (C=O) groups excluding carboxylic acids is 1. The summed E-state index contributed by atoms with van der Waals surface area (Å²) in [5, 5.41) is 7.23. The zero-order valence-electron chi connectivity index (χ0n) is 5.74. The summed E-state index contributed by atoms with van der Waals surface area (Å²) in [5.74, 6) is 0.0353. The van der Waals surface area contributed by atoms with Crippen LogP contribution in [-0.4, -0.2) is 16.0 Å². The van der Waals surface area contributed by atoms with Crippen LogP contribution < -0.4 is 0 Å². The van der Waals surface area contributed by atoms with E-state index in [2.05, 4.69) is 10.2 Å². The van der Waals surface area contributed by atoms with E-state index in [1.165, 1.54) is 0 Å². The molecule has 0 atom stereocenters. The molecule has 1 heterocycles. The molecule has 0 aliphatic carbocycles. The molecule has 0 spiro atoms. The van der Waals surface area contributed by atoms with E-state index in [0.29, 0.717) is 12.1 Å². The predicted octanol–water partition coefficient (Wildman–Crippen LogP) is 1.07. The van der Waals surface area contributed by atoms with Crippen molar-refractivity contribution < 1.29 is 4.79 Å². The van der Waals surface area contributed by atoms with Gasteiger partial charge in [-0.1, -0.05) is 6.92 Å². The van der Waals surface area contributed by atoms with Gasteiger partial charge in [0.1, 0.15) is 5.69 Å². The molecule has 0 bridgehead atoms. The summed E-state index contributed by atoms with van der Waals surface area (Å²) in [6.07, 6.45) is 2.03. The number of rotatable bonds is 2. The summed E-state index contributed by atoms with van der Waals surface area (Å²) < 4.78 is 0. The van der Waals surface area contributed by atoms with Crippen LogP contribution in [-0.2, 0) is 0 Å². The molecule has 0 unspecified atom stereocenters. The minimum atomic E-state index is 0.0353. The molecule has 0 aliphatic rings. The first-order chi connectivity index (χ1) is 4.84. The third-order valence-corrected chi connectivity index (χ3v) is 1.18. The van der Waals surface area contributed by atoms with Gasteiger partial charge in [0.25, 0.3) is 0 Å². The van der Waals surface area contributed by atoms with Crippen LogP contribution in [0.15, 0.2) is 18.3 Å². The molecule has 1 aromatic heterocycles. The molecule has 3 heteroatoms. The lowest BCUT2D eigenvalue weighted by Gasteiger charge is -1.91. The number of nitrogens with zero attached hydrogens (tertiary/aromatic N) is 2. The van der Waals surface area contributed by atoms with Gasteiger partial charge in [-0.15, -0.1) is 5.10 Å². The summed E-state index contributed by atoms with van der Waals surface area (Å²) in [4.78, 5) is 10.9. The van der Waals surface area contributed by atoms with E-state index in [1.807, 2.05) is 0 Å². The largest absolute Gasteiger partial charge is 0.292 e. The summed E-state index contributed by atoms with van der Waals surface area (Å²) in [5.41, 5.74) is 0.449. The first-order valence-electron chi connectivity index (χ1n) is 3.15. The van der Waals surface area contributed by atoms with Crippen molar-refractivity contribution in [2.45, 2.75) is 13.3 Å². The summed E-state index contributed by atoms with van der Waals surface area (Å²) in [6.45, 7) is 1.80. The highest BCUT2D eigenvalue weighted by atomic mass is 16.1. The standard InChI is InChI=1S/C7H8N2O/c1-2-7(10)6-4-3-5-8-9-6/h3-5H,2H2,1H3. The second kappa shape index (κ2) is 3.06. The minimum Gasteiger partial charge on any atom is -0.292 e. The van der Waals surface area contributed by atoms with Gasteiger partial charge >= 0.3 is 0 Å². The second-order valence-corrected chi connectivity index (χ2v) is 1.89. The van der Waals surface area contributed by atoms with E-state index in [4.69, 9.17) is 0 Å². The molecular weight excluding hydrogens is 128 g/mol. The van der Waals surface area contributed by atoms with Gasteiger partial charge in [-0.25, -0.2) is 0 Å². The molecule has 0 aliphatic heterocycles. The molecule has 0 radical (unpaired) electrons. The molecule has 1 aromatic rings. The Kier molecular flexibility index (Phi) is 2.10. The third kappa shape index (κ3) is 1.37. The van der Waals surface area contributed by atoms with Gasteiger partial charge in [0.15, 0.2) is 5.78 Å². The molecule has 0 saturated heterocycles. The monoisotopic (exact) mass is 136 g/mol. The first kappa shape index (κ1) is 6.86. The molecular formula is C7H8N2O. The number of aromatic nitrogens is 2. The Balaban J connectivity index is 2.85. The van der Waals surface area contributed by atoms with Crippen LogP contribution in [0.1, 0.15) is 23.8 Å². The fraction of sp³-hybridized carbons (Fsp3) is 0.286. The van der Waals surface area contributed by atoms with E-state index in [-0.39, 0.29) is 5.78 Å². The van der Waals surface area contributed by atoms with Gasteiger partial charge in [-0.05, 0) is 12.1 Å². The molecule has 1 rings (SSSR count). The van der Waals surface area contributed by atoms with Crippen LogP contribution >= 0.6 is 0 Å². The minimum absolute atomic E-state index is 0.0353. The van der Waals surface area contributed by atoms with Crippen LogP contribution in [0, 0.1) is 0 Å². The number of hydrogen-bond acceptors (Lipinski definition) is 3. The smallest absolute Gasteiger partial charge is 0.182 e. The molecule has 0 saturated carbocycles. The first-order valence-corrected chi connectivity index (χ1v) is 3.15. The van der Waals surface area contributed by atoms with Crippen molar-refractivity contribution in [1.82, 2.24) is 10.2 Å². The van der Waals surface area contributed by atoms with Crippen molar-refractivity contribution in [3.8, 4) is 0 Å². The highest BCUT2D eigenvalue weighted by Gasteiger charge is 2.01. The SMILES string of the molecule is CCC(=O)c1cccnn1. The summed E-state index contributed by atoms with van der Waals surface area (Å²) in [6, 6.07) is 3.37. The van der Waals surface area contributed by atoms with E-state index < -0.39 is 0 Å². The second-order valence-electron chi connectivity index (χ2n) is 1.89. The van der Waals surface area contributed by atoms with Crippen LogP contribution in [0.2, 0.25) is 0 Å². The lowest BCUT2D eigenvalue weighted by molar-refractivity contribution is 0.0982. The van der Waals surface area contributed by atoms with Gasteiger partial charge in [0.2, 0.25) is 0 Å². The normalized spacial score (nSPS) is 9.30. The average molecular weight is 136 g/mol. The molecule has 0 fully saturated rings. The Labute approximate surface area is 59.1 Å². The van der Waals surface area contributed by atoms with Crippen molar-refractivity contribution in [3.63, 3.8) is 0 Å². The Hall–Kier alpha value is -1.25. The third-order valence-electron chi connectivity index (χ3n) is 1.18. The molecule has 0 amide bonds. The number of ketones is 1. The summed E-state index contributed by atoms with van der Waals surface area (Å²) >= 11 is 0. The van der Waals surface area contributed by atoms with Crippen molar-refractivity contribution >= 4 is 5.78 Å². The van der Waals surface area contributed by atoms with Crippen LogP contribution in [0.4, 0.5) is 0 Å². The zero-order valence-corrected chi connectivity index (χ0v) is 5.74. The lowest BCUT2D eigenvalue weighted by Crippen LogP contribution is -2.00. The zero-order chi connectivity index (χ0) is 7.40. The summed E-state index contributed by atoms with van der Waals surface area (Å²) in [7, 11) is 0. The molecule has 0 aromatic carbocycles. The van der Waals surface area contributed by atoms with E-state index >= 15 is 0 Å². The Bertz CT molecular complexity index is 220. The van der Waals surface area contributed by atoms with Gasteiger partial charge in [0.05, 0.1) is 0 Å². The topological polar surface area (TPSA) is 42.9 Å². The lowest BCUT2D eigenvalue weighted by atomic mass is 10.2. The van der Waals surface area contributed by atoms with Gasteiger partial charge in [-0.3, -0.25) is 4.79 Å². The highest BCUT2D eigenvalue weighted by molar-refractivity contribution is 5.93. The van der Waals surface area contributed by atoms with Crippen LogP contribution in [0.3, 0.4) is 0 Å². The maximum Gasteiger partial charge on any atom is 0.182 e. The average Bonchev–Trinajstić information content (AvgIpc) is 2.05. The Morgan fingerprint density at radius 2 is 2.50 bits per heavy atom. The van der Waals surface area contributed by atoms with Crippen molar-refractivity contribution in [2.24, 2.45) is 0 Å². The van der Waals surface area contributed by atoms with Crippen LogP contribution in [0.25, 0.3) is 0 Å². The molecule has 52 valence electrons. The maximum atomic E-state index is 10.9. The Morgan fingerprint density at radius 3 is 3.00 bits per heavy atom. The Morgan fingerprint density at radius 1 is 1.70 bits per heavy atom. The van der Waals surface area contributed by atoms with Crippen molar-refractivity contribution in [2.75, 3.05) is 0 Å². The van der Waals surface area contributed by atoms with Gasteiger partial charge in [0, 0.05) is 12.6 Å². The van der Waals surface area contributed by atoms with Gasteiger partial charge in [-0.2, -0.15) is 5.10 Å². The quantitative estimate of drug-likeness (QED) is 0.571. The number of carbonyl (C=O) groups is 1. The number of Topliss-reactive ketones (excluding diaryl/α,β-unsaturated/α-hetero) is 1. The maximum absolute atomic E-state index is 10.9. The van der Waals surface area contributed by atoms with Gasteiger partial charge < -0.3 is 0 Å². The van der Waals surface area contributed by atoms with Crippen molar-refractivity contribution in [1.29, 1.82) is 0 Å².